The van der Waals surface area contributed by atoms with Crippen LogP contribution in [0.1, 0.15) is 38.9 Å². The molecule has 10 nitrogen and oxygen atoms in total. The highest BCUT2D eigenvalue weighted by atomic mass is 16.5. The lowest BCUT2D eigenvalue weighted by Crippen LogP contribution is -2.11. The van der Waals surface area contributed by atoms with Crippen LogP contribution in [0.25, 0.3) is 33.3 Å². The minimum atomic E-state index is -1.11. The summed E-state index contributed by atoms with van der Waals surface area (Å²) >= 11 is 0. The molecule has 6 rings (SSSR count). The van der Waals surface area contributed by atoms with Crippen LogP contribution in [0.2, 0.25) is 0 Å². The summed E-state index contributed by atoms with van der Waals surface area (Å²) in [6.07, 6.45) is 5.02. The van der Waals surface area contributed by atoms with Gasteiger partial charge >= 0.3 is 11.9 Å². The SMILES string of the molecule is CC(O)Cn1cc(-c2ccncc2)c(-c2ccc(OCc3ccc4ccccc4n3)cc2)n1.Cc1c(C(=O)O)cccc1C(=O)O. The van der Waals surface area contributed by atoms with E-state index in [2.05, 4.69) is 22.1 Å². The lowest BCUT2D eigenvalue weighted by Gasteiger charge is -2.08. The molecular weight excluding hydrogens is 584 g/mol. The van der Waals surface area contributed by atoms with E-state index in [9.17, 15) is 14.7 Å². The fraction of sp³-hybridized carbons (Fsp3) is 0.139. The molecule has 0 radical (unpaired) electrons. The normalized spacial score (nSPS) is 11.4. The quantitative estimate of drug-likeness (QED) is 0.165. The third-order valence-electron chi connectivity index (χ3n) is 7.17. The largest absolute Gasteiger partial charge is 0.487 e. The van der Waals surface area contributed by atoms with Crippen LogP contribution in [0.3, 0.4) is 0 Å². The van der Waals surface area contributed by atoms with E-state index in [0.717, 1.165) is 44.7 Å². The molecule has 3 aromatic carbocycles. The Morgan fingerprint density at radius 3 is 2.15 bits per heavy atom. The molecule has 0 saturated heterocycles. The van der Waals surface area contributed by atoms with Gasteiger partial charge in [-0.25, -0.2) is 14.6 Å². The molecule has 3 N–H and O–H groups in total. The van der Waals surface area contributed by atoms with Crippen LogP contribution in [-0.4, -0.2) is 53.1 Å². The van der Waals surface area contributed by atoms with E-state index in [1.807, 2.05) is 66.9 Å². The number of fused-ring (bicyclic) bond motifs is 1. The molecule has 0 fully saturated rings. The molecule has 3 aromatic heterocycles. The van der Waals surface area contributed by atoms with Crippen LogP contribution < -0.4 is 4.74 Å². The van der Waals surface area contributed by atoms with Gasteiger partial charge in [0.1, 0.15) is 18.1 Å². The maximum absolute atomic E-state index is 10.6. The number of nitrogens with zero attached hydrogens (tertiary/aromatic N) is 4. The van der Waals surface area contributed by atoms with Crippen molar-refractivity contribution in [2.24, 2.45) is 0 Å². The van der Waals surface area contributed by atoms with Crippen LogP contribution in [0.15, 0.2) is 110 Å². The Bertz CT molecular complexity index is 1940. The van der Waals surface area contributed by atoms with Crippen LogP contribution in [0.5, 0.6) is 5.75 Å². The smallest absolute Gasteiger partial charge is 0.335 e. The fourth-order valence-corrected chi connectivity index (χ4v) is 4.90. The Morgan fingerprint density at radius 2 is 1.50 bits per heavy atom. The van der Waals surface area contributed by atoms with Crippen molar-refractivity contribution in [2.75, 3.05) is 0 Å². The molecule has 0 aliphatic heterocycles. The summed E-state index contributed by atoms with van der Waals surface area (Å²) in [7, 11) is 0. The van der Waals surface area contributed by atoms with Gasteiger partial charge in [-0.15, -0.1) is 0 Å². The number of aromatic carboxylic acids is 2. The molecule has 1 unspecified atom stereocenters. The van der Waals surface area contributed by atoms with E-state index in [4.69, 9.17) is 20.0 Å². The number of ether oxygens (including phenoxy) is 1. The highest BCUT2D eigenvalue weighted by molar-refractivity contribution is 5.96. The van der Waals surface area contributed by atoms with Gasteiger partial charge < -0.3 is 20.1 Å². The summed E-state index contributed by atoms with van der Waals surface area (Å²) in [5.74, 6) is -1.45. The summed E-state index contributed by atoms with van der Waals surface area (Å²) in [5.41, 5.74) is 6.03. The van der Waals surface area contributed by atoms with Crippen LogP contribution in [-0.2, 0) is 13.2 Å². The molecular formula is C36H32N4O6. The fourth-order valence-electron chi connectivity index (χ4n) is 4.90. The number of hydrogen-bond donors (Lipinski definition) is 3. The van der Waals surface area contributed by atoms with Gasteiger partial charge in [-0.3, -0.25) is 9.67 Å². The van der Waals surface area contributed by atoms with E-state index in [1.54, 1.807) is 24.0 Å². The highest BCUT2D eigenvalue weighted by Gasteiger charge is 2.15. The average molecular weight is 617 g/mol. The Hall–Kier alpha value is -5.87. The second-order valence-corrected chi connectivity index (χ2v) is 10.6. The van der Waals surface area contributed by atoms with Crippen molar-refractivity contribution in [3.05, 3.63) is 132 Å². The summed E-state index contributed by atoms with van der Waals surface area (Å²) in [5, 5.41) is 33.0. The Balaban J connectivity index is 0.000000270. The molecule has 0 spiro atoms. The van der Waals surface area contributed by atoms with Gasteiger partial charge in [-0.1, -0.05) is 30.3 Å². The molecule has 0 aliphatic carbocycles. The van der Waals surface area contributed by atoms with Gasteiger partial charge in [0.15, 0.2) is 0 Å². The first-order valence-electron chi connectivity index (χ1n) is 14.5. The molecule has 6 aromatic rings. The van der Waals surface area contributed by atoms with E-state index in [-0.39, 0.29) is 16.7 Å². The van der Waals surface area contributed by atoms with Crippen molar-refractivity contribution in [2.45, 2.75) is 33.1 Å². The number of aliphatic hydroxyl groups is 1. The lowest BCUT2D eigenvalue weighted by molar-refractivity contribution is 0.0696. The molecule has 0 amide bonds. The number of aliphatic hydroxyl groups excluding tert-OH is 1. The molecule has 0 bridgehead atoms. The van der Waals surface area contributed by atoms with E-state index in [1.165, 1.54) is 25.1 Å². The Kier molecular flexibility index (Phi) is 9.79. The first-order chi connectivity index (χ1) is 22.2. The molecule has 0 aliphatic rings. The number of benzene rings is 3. The summed E-state index contributed by atoms with van der Waals surface area (Å²) < 4.78 is 7.76. The van der Waals surface area contributed by atoms with Gasteiger partial charge in [0.2, 0.25) is 0 Å². The van der Waals surface area contributed by atoms with E-state index >= 15 is 0 Å². The summed E-state index contributed by atoms with van der Waals surface area (Å²) in [6.45, 7) is 4.06. The number of aromatic nitrogens is 4. The lowest BCUT2D eigenvalue weighted by atomic mass is 10.0. The van der Waals surface area contributed by atoms with Crippen molar-refractivity contribution >= 4 is 22.8 Å². The predicted molar refractivity (Wildman–Crippen MR) is 174 cm³/mol. The number of carboxylic acid groups (broad SMARTS) is 2. The van der Waals surface area contributed by atoms with Crippen LogP contribution in [0, 0.1) is 6.92 Å². The number of rotatable bonds is 9. The van der Waals surface area contributed by atoms with Crippen molar-refractivity contribution in [3.63, 3.8) is 0 Å². The van der Waals surface area contributed by atoms with Crippen molar-refractivity contribution in [1.29, 1.82) is 0 Å². The Morgan fingerprint density at radius 1 is 0.826 bits per heavy atom. The first-order valence-corrected chi connectivity index (χ1v) is 14.5. The average Bonchev–Trinajstić information content (AvgIpc) is 3.47. The highest BCUT2D eigenvalue weighted by Crippen LogP contribution is 2.32. The van der Waals surface area contributed by atoms with Gasteiger partial charge in [0.05, 0.1) is 35.0 Å². The maximum atomic E-state index is 10.6. The van der Waals surface area contributed by atoms with E-state index < -0.39 is 18.0 Å². The zero-order chi connectivity index (χ0) is 32.6. The minimum absolute atomic E-state index is 0.0277. The number of pyridine rings is 2. The zero-order valence-corrected chi connectivity index (χ0v) is 25.2. The number of hydrogen-bond acceptors (Lipinski definition) is 7. The van der Waals surface area contributed by atoms with Gasteiger partial charge in [0, 0.05) is 35.1 Å². The second kappa shape index (κ2) is 14.3. The predicted octanol–water partition coefficient (Wildman–Crippen LogP) is 6.51. The summed E-state index contributed by atoms with van der Waals surface area (Å²) in [4.78, 5) is 30.0. The molecule has 3 heterocycles. The third kappa shape index (κ3) is 7.61. The minimum Gasteiger partial charge on any atom is -0.487 e. The summed E-state index contributed by atoms with van der Waals surface area (Å²) in [6, 6.07) is 28.1. The van der Waals surface area contributed by atoms with Crippen molar-refractivity contribution in [1.82, 2.24) is 19.7 Å². The topological polar surface area (TPSA) is 148 Å². The number of para-hydroxylation sites is 1. The maximum Gasteiger partial charge on any atom is 0.335 e. The zero-order valence-electron chi connectivity index (χ0n) is 25.2. The van der Waals surface area contributed by atoms with E-state index in [0.29, 0.717) is 13.2 Å². The standard InChI is InChI=1S/C27H24N4O2.C9H8O4/c1-19(32)16-31-17-25(20-12-14-28-15-13-20)27(30-31)22-7-10-24(11-8-22)33-18-23-9-6-21-4-2-3-5-26(21)29-23;1-5-6(8(10)11)3-2-4-7(5)9(12)13/h2-15,17,19,32H,16,18H2,1H3;2-4H,1H3,(H,10,11)(H,12,13). The molecule has 232 valence electrons. The number of carbonyl (C=O) groups is 2. The van der Waals surface area contributed by atoms with Crippen LogP contribution >= 0.6 is 0 Å². The monoisotopic (exact) mass is 616 g/mol. The molecule has 1 atom stereocenters. The van der Waals surface area contributed by atoms with Crippen molar-refractivity contribution < 1.29 is 29.6 Å². The number of carboxylic acids is 2. The van der Waals surface area contributed by atoms with Gasteiger partial charge in [0.25, 0.3) is 0 Å². The molecule has 46 heavy (non-hydrogen) atoms. The van der Waals surface area contributed by atoms with Crippen LogP contribution in [0.4, 0.5) is 0 Å². The third-order valence-corrected chi connectivity index (χ3v) is 7.17. The van der Waals surface area contributed by atoms with Crippen molar-refractivity contribution in [3.8, 4) is 28.1 Å². The first kappa shape index (κ1) is 31.6. The molecule has 0 saturated carbocycles. The second-order valence-electron chi connectivity index (χ2n) is 10.6. The van der Waals surface area contributed by atoms with Gasteiger partial charge in [-0.2, -0.15) is 5.10 Å². The molecule has 10 heteroatoms. The van der Waals surface area contributed by atoms with Gasteiger partial charge in [-0.05, 0) is 85.6 Å². The Labute approximate surface area is 265 Å².